The van der Waals surface area contributed by atoms with E-state index in [2.05, 4.69) is 6.92 Å². The van der Waals surface area contributed by atoms with E-state index in [4.69, 9.17) is 0 Å². The molecule has 0 aromatic heterocycles. The molecule has 0 aromatic carbocycles. The SMILES string of the molecule is CCCCCC/C=C(\C)[C]=O. The first-order chi connectivity index (χ1) is 5.31. The molecule has 11 heavy (non-hydrogen) atoms. The van der Waals surface area contributed by atoms with Gasteiger partial charge in [0, 0.05) is 0 Å². The second kappa shape index (κ2) is 7.52. The monoisotopic (exact) mass is 153 g/mol. The summed E-state index contributed by atoms with van der Waals surface area (Å²) < 4.78 is 0. The minimum atomic E-state index is 0.737. The van der Waals surface area contributed by atoms with Gasteiger partial charge in [0.2, 0.25) is 6.29 Å². The highest BCUT2D eigenvalue weighted by Gasteiger charge is 1.87. The van der Waals surface area contributed by atoms with Crippen molar-refractivity contribution in [3.05, 3.63) is 11.6 Å². The summed E-state index contributed by atoms with van der Waals surface area (Å²) in [6.45, 7) is 3.99. The van der Waals surface area contributed by atoms with Crippen LogP contribution in [0.4, 0.5) is 0 Å². The second-order valence-electron chi connectivity index (χ2n) is 2.84. The van der Waals surface area contributed by atoms with Gasteiger partial charge in [-0.2, -0.15) is 0 Å². The molecule has 0 saturated heterocycles. The lowest BCUT2D eigenvalue weighted by Crippen LogP contribution is -1.78. The summed E-state index contributed by atoms with van der Waals surface area (Å²) in [5, 5.41) is 0. The molecule has 0 saturated carbocycles. The number of carbonyl (C=O) groups excluding carboxylic acids is 1. The molecule has 0 heterocycles. The van der Waals surface area contributed by atoms with E-state index >= 15 is 0 Å². The van der Waals surface area contributed by atoms with Gasteiger partial charge < -0.3 is 0 Å². The first kappa shape index (κ1) is 10.4. The third kappa shape index (κ3) is 7.31. The van der Waals surface area contributed by atoms with Crippen LogP contribution < -0.4 is 0 Å². The molecule has 0 aromatic rings. The fraction of sp³-hybridized carbons (Fsp3) is 0.700. The maximum absolute atomic E-state index is 10.0. The third-order valence-electron chi connectivity index (χ3n) is 1.67. The van der Waals surface area contributed by atoms with Crippen molar-refractivity contribution in [3.8, 4) is 0 Å². The standard InChI is InChI=1S/C10H17O/c1-3-4-5-6-7-8-10(2)9-11/h8H,3-7H2,1-2H3/b10-8+. The van der Waals surface area contributed by atoms with Gasteiger partial charge in [-0.15, -0.1) is 0 Å². The zero-order chi connectivity index (χ0) is 8.53. The van der Waals surface area contributed by atoms with E-state index in [1.165, 1.54) is 25.7 Å². The Kier molecular flexibility index (Phi) is 7.11. The van der Waals surface area contributed by atoms with Gasteiger partial charge in [-0.3, -0.25) is 4.79 Å². The van der Waals surface area contributed by atoms with E-state index in [1.807, 2.05) is 12.4 Å². The van der Waals surface area contributed by atoms with Crippen molar-refractivity contribution in [2.24, 2.45) is 0 Å². The maximum atomic E-state index is 10.0. The molecule has 0 N–H and O–H groups in total. The summed E-state index contributed by atoms with van der Waals surface area (Å²) in [4.78, 5) is 10.0. The van der Waals surface area contributed by atoms with E-state index in [-0.39, 0.29) is 0 Å². The summed E-state index contributed by atoms with van der Waals surface area (Å²) in [6.07, 6.45) is 9.90. The largest absolute Gasteiger partial charge is 0.285 e. The van der Waals surface area contributed by atoms with E-state index in [9.17, 15) is 4.79 Å². The molecule has 1 radical (unpaired) electrons. The van der Waals surface area contributed by atoms with Gasteiger partial charge in [0.1, 0.15) is 0 Å². The molecular formula is C10H17O. The average molecular weight is 153 g/mol. The molecule has 63 valence electrons. The van der Waals surface area contributed by atoms with Crippen LogP contribution in [0.3, 0.4) is 0 Å². The van der Waals surface area contributed by atoms with Crippen LogP contribution in [0.2, 0.25) is 0 Å². The van der Waals surface area contributed by atoms with Crippen molar-refractivity contribution in [1.82, 2.24) is 0 Å². The van der Waals surface area contributed by atoms with E-state index in [1.54, 1.807) is 6.92 Å². The number of allylic oxidation sites excluding steroid dienone is 2. The molecule has 0 aliphatic heterocycles. The highest BCUT2D eigenvalue weighted by Crippen LogP contribution is 2.04. The molecule has 0 amide bonds. The van der Waals surface area contributed by atoms with Crippen LogP contribution in [0.5, 0.6) is 0 Å². The van der Waals surface area contributed by atoms with Gasteiger partial charge >= 0.3 is 0 Å². The fourth-order valence-corrected chi connectivity index (χ4v) is 0.931. The molecule has 0 aliphatic carbocycles. The third-order valence-corrected chi connectivity index (χ3v) is 1.67. The summed E-state index contributed by atoms with van der Waals surface area (Å²) in [6, 6.07) is 0. The van der Waals surface area contributed by atoms with Crippen molar-refractivity contribution in [2.45, 2.75) is 46.0 Å². The van der Waals surface area contributed by atoms with Crippen molar-refractivity contribution in [3.63, 3.8) is 0 Å². The van der Waals surface area contributed by atoms with Crippen molar-refractivity contribution < 1.29 is 4.79 Å². The number of hydrogen-bond donors (Lipinski definition) is 0. The lowest BCUT2D eigenvalue weighted by atomic mass is 10.1. The molecule has 0 rings (SSSR count). The predicted molar refractivity (Wildman–Crippen MR) is 48.2 cm³/mol. The Morgan fingerprint density at radius 2 is 2.09 bits per heavy atom. The zero-order valence-electron chi connectivity index (χ0n) is 7.52. The first-order valence-corrected chi connectivity index (χ1v) is 4.36. The summed E-state index contributed by atoms with van der Waals surface area (Å²) in [5.41, 5.74) is 0.737. The van der Waals surface area contributed by atoms with Gasteiger partial charge in [-0.05, 0) is 25.3 Å². The minimum absolute atomic E-state index is 0.737. The molecule has 0 aliphatic rings. The Bertz CT molecular complexity index is 125. The molecule has 1 heteroatoms. The topological polar surface area (TPSA) is 17.1 Å². The number of unbranched alkanes of at least 4 members (excludes halogenated alkanes) is 4. The molecule has 0 unspecified atom stereocenters. The molecule has 0 fully saturated rings. The van der Waals surface area contributed by atoms with Crippen molar-refractivity contribution in [1.29, 1.82) is 0 Å². The van der Waals surface area contributed by atoms with Crippen LogP contribution >= 0.6 is 0 Å². The molecule has 0 bridgehead atoms. The Labute approximate surface area is 69.5 Å². The van der Waals surface area contributed by atoms with E-state index in [0.29, 0.717) is 0 Å². The Morgan fingerprint density at radius 1 is 1.36 bits per heavy atom. The van der Waals surface area contributed by atoms with Gasteiger partial charge in [0.25, 0.3) is 0 Å². The maximum Gasteiger partial charge on any atom is 0.228 e. The van der Waals surface area contributed by atoms with Gasteiger partial charge in [-0.25, -0.2) is 0 Å². The molecule has 0 spiro atoms. The smallest absolute Gasteiger partial charge is 0.228 e. The first-order valence-electron chi connectivity index (χ1n) is 4.36. The zero-order valence-corrected chi connectivity index (χ0v) is 7.52. The predicted octanol–water partition coefficient (Wildman–Crippen LogP) is 3.01. The van der Waals surface area contributed by atoms with Crippen LogP contribution in [0.25, 0.3) is 0 Å². The van der Waals surface area contributed by atoms with Crippen LogP contribution in [-0.4, -0.2) is 6.29 Å². The highest BCUT2D eigenvalue weighted by atomic mass is 16.1. The summed E-state index contributed by atoms with van der Waals surface area (Å²) in [5.74, 6) is 0. The van der Waals surface area contributed by atoms with E-state index < -0.39 is 0 Å². The molecular weight excluding hydrogens is 136 g/mol. The highest BCUT2D eigenvalue weighted by molar-refractivity contribution is 5.72. The average Bonchev–Trinajstić information content (AvgIpc) is 2.04. The Morgan fingerprint density at radius 3 is 2.64 bits per heavy atom. The quantitative estimate of drug-likeness (QED) is 0.423. The van der Waals surface area contributed by atoms with Crippen molar-refractivity contribution >= 4 is 6.29 Å². The van der Waals surface area contributed by atoms with Gasteiger partial charge in [0.05, 0.1) is 0 Å². The number of rotatable bonds is 6. The Balaban J connectivity index is 3.19. The van der Waals surface area contributed by atoms with Gasteiger partial charge in [0.15, 0.2) is 0 Å². The van der Waals surface area contributed by atoms with Crippen molar-refractivity contribution in [2.75, 3.05) is 0 Å². The lowest BCUT2D eigenvalue weighted by molar-refractivity contribution is 0.561. The van der Waals surface area contributed by atoms with E-state index in [0.717, 1.165) is 12.0 Å². The van der Waals surface area contributed by atoms with Crippen LogP contribution in [0.15, 0.2) is 11.6 Å². The normalized spacial score (nSPS) is 11.6. The fourth-order valence-electron chi connectivity index (χ4n) is 0.931. The summed E-state index contributed by atoms with van der Waals surface area (Å²) in [7, 11) is 0. The van der Waals surface area contributed by atoms with Crippen LogP contribution in [0, 0.1) is 0 Å². The second-order valence-corrected chi connectivity index (χ2v) is 2.84. The molecule has 1 nitrogen and oxygen atoms in total. The molecule has 0 atom stereocenters. The Hall–Kier alpha value is -0.590. The lowest BCUT2D eigenvalue weighted by Gasteiger charge is -1.94. The summed E-state index contributed by atoms with van der Waals surface area (Å²) >= 11 is 0. The number of hydrogen-bond acceptors (Lipinski definition) is 1. The van der Waals surface area contributed by atoms with Crippen LogP contribution in [-0.2, 0) is 4.79 Å². The van der Waals surface area contributed by atoms with Crippen LogP contribution in [0.1, 0.15) is 46.0 Å². The minimum Gasteiger partial charge on any atom is -0.285 e. The van der Waals surface area contributed by atoms with Gasteiger partial charge in [-0.1, -0.05) is 32.3 Å².